The summed E-state index contributed by atoms with van der Waals surface area (Å²) < 4.78 is 2.34. The van der Waals surface area contributed by atoms with E-state index >= 15 is 0 Å². The lowest BCUT2D eigenvalue weighted by Gasteiger charge is -2.30. The molecule has 1 unspecified atom stereocenters. The van der Waals surface area contributed by atoms with Crippen molar-refractivity contribution in [1.82, 2.24) is 9.78 Å². The second kappa shape index (κ2) is 4.78. The Labute approximate surface area is 122 Å². The van der Waals surface area contributed by atoms with Crippen LogP contribution < -0.4 is 5.32 Å². The number of rotatable bonds is 2. The molecule has 1 aliphatic heterocycles. The third-order valence-corrected chi connectivity index (χ3v) is 5.89. The molecule has 3 nitrogen and oxygen atoms in total. The number of aromatic nitrogens is 2. The lowest BCUT2D eigenvalue weighted by molar-refractivity contribution is 0.282. The van der Waals surface area contributed by atoms with Crippen LogP contribution >= 0.6 is 0 Å². The molecule has 1 atom stereocenters. The molecule has 0 saturated heterocycles. The molecule has 3 heteroatoms. The van der Waals surface area contributed by atoms with E-state index in [2.05, 4.69) is 23.0 Å². The fraction of sp³-hybridized carbons (Fsp3) is 0.824. The van der Waals surface area contributed by atoms with Gasteiger partial charge in [-0.15, -0.1) is 0 Å². The highest BCUT2D eigenvalue weighted by Crippen LogP contribution is 2.56. The highest BCUT2D eigenvalue weighted by Gasteiger charge is 2.47. The van der Waals surface area contributed by atoms with Crippen LogP contribution in [0.3, 0.4) is 0 Å². The summed E-state index contributed by atoms with van der Waals surface area (Å²) in [6.45, 7) is 3.57. The SMILES string of the molecule is CC1(C2CCNc3cc(C4CCCCCC4)nn32)CC1. The minimum Gasteiger partial charge on any atom is -0.370 e. The first-order chi connectivity index (χ1) is 9.76. The standard InChI is InChI=1S/C17H27N3/c1-17(9-10-17)15-8-11-18-16-12-14(19-20(15)16)13-6-4-2-3-5-7-13/h12-13,15,18H,2-11H2,1H3. The maximum absolute atomic E-state index is 5.06. The lowest BCUT2D eigenvalue weighted by Crippen LogP contribution is -2.28. The van der Waals surface area contributed by atoms with E-state index in [4.69, 9.17) is 5.10 Å². The van der Waals surface area contributed by atoms with Crippen molar-refractivity contribution in [1.29, 1.82) is 0 Å². The van der Waals surface area contributed by atoms with Crippen molar-refractivity contribution in [2.45, 2.75) is 76.7 Å². The van der Waals surface area contributed by atoms with Gasteiger partial charge in [0, 0.05) is 18.5 Å². The summed E-state index contributed by atoms with van der Waals surface area (Å²) in [7, 11) is 0. The zero-order chi connectivity index (χ0) is 13.6. The Balaban J connectivity index is 1.61. The zero-order valence-electron chi connectivity index (χ0n) is 12.7. The first kappa shape index (κ1) is 12.7. The minimum absolute atomic E-state index is 0.531. The van der Waals surface area contributed by atoms with Crippen LogP contribution in [0.4, 0.5) is 5.82 Å². The van der Waals surface area contributed by atoms with E-state index < -0.39 is 0 Å². The molecule has 0 spiro atoms. The quantitative estimate of drug-likeness (QED) is 0.805. The average molecular weight is 273 g/mol. The molecular weight excluding hydrogens is 246 g/mol. The third-order valence-electron chi connectivity index (χ3n) is 5.89. The van der Waals surface area contributed by atoms with Crippen LogP contribution in [-0.4, -0.2) is 16.3 Å². The molecule has 2 aliphatic carbocycles. The van der Waals surface area contributed by atoms with Crippen LogP contribution in [0.1, 0.15) is 82.4 Å². The minimum atomic E-state index is 0.531. The number of nitrogens with zero attached hydrogens (tertiary/aromatic N) is 2. The van der Waals surface area contributed by atoms with E-state index in [1.165, 1.54) is 69.3 Å². The monoisotopic (exact) mass is 273 g/mol. The van der Waals surface area contributed by atoms with E-state index in [9.17, 15) is 0 Å². The largest absolute Gasteiger partial charge is 0.370 e. The molecule has 0 bridgehead atoms. The van der Waals surface area contributed by atoms with Gasteiger partial charge in [0.15, 0.2) is 0 Å². The molecule has 2 saturated carbocycles. The van der Waals surface area contributed by atoms with Crippen molar-refractivity contribution in [2.24, 2.45) is 5.41 Å². The fourth-order valence-corrected chi connectivity index (χ4v) is 4.19. The molecule has 20 heavy (non-hydrogen) atoms. The van der Waals surface area contributed by atoms with Gasteiger partial charge in [-0.2, -0.15) is 5.10 Å². The molecule has 110 valence electrons. The maximum Gasteiger partial charge on any atom is 0.124 e. The van der Waals surface area contributed by atoms with Gasteiger partial charge in [0.05, 0.1) is 11.7 Å². The van der Waals surface area contributed by atoms with Crippen molar-refractivity contribution in [3.8, 4) is 0 Å². The summed E-state index contributed by atoms with van der Waals surface area (Å²) in [6, 6.07) is 2.99. The topological polar surface area (TPSA) is 29.9 Å². The van der Waals surface area contributed by atoms with Crippen molar-refractivity contribution in [3.05, 3.63) is 11.8 Å². The first-order valence-electron chi connectivity index (χ1n) is 8.60. The van der Waals surface area contributed by atoms with Crippen LogP contribution in [0, 0.1) is 5.41 Å². The molecular formula is C17H27N3. The van der Waals surface area contributed by atoms with Crippen molar-refractivity contribution >= 4 is 5.82 Å². The van der Waals surface area contributed by atoms with Gasteiger partial charge in [-0.05, 0) is 37.5 Å². The molecule has 4 rings (SSSR count). The maximum atomic E-state index is 5.06. The number of anilines is 1. The molecule has 0 amide bonds. The van der Waals surface area contributed by atoms with Gasteiger partial charge in [-0.1, -0.05) is 32.6 Å². The summed E-state index contributed by atoms with van der Waals surface area (Å²) in [5.41, 5.74) is 1.90. The normalized spacial score (nSPS) is 29.4. The van der Waals surface area contributed by atoms with E-state index in [0.29, 0.717) is 17.4 Å². The van der Waals surface area contributed by atoms with Crippen molar-refractivity contribution in [3.63, 3.8) is 0 Å². The first-order valence-corrected chi connectivity index (χ1v) is 8.60. The second-order valence-corrected chi connectivity index (χ2v) is 7.47. The molecule has 1 aromatic rings. The van der Waals surface area contributed by atoms with Gasteiger partial charge < -0.3 is 5.32 Å². The van der Waals surface area contributed by atoms with Crippen LogP contribution in [0.5, 0.6) is 0 Å². The molecule has 2 fully saturated rings. The highest BCUT2D eigenvalue weighted by atomic mass is 15.4. The Kier molecular flexibility index (Phi) is 3.04. The average Bonchev–Trinajstić information content (AvgIpc) is 3.14. The molecule has 0 radical (unpaired) electrons. The highest BCUT2D eigenvalue weighted by molar-refractivity contribution is 5.41. The van der Waals surface area contributed by atoms with Gasteiger partial charge in [-0.25, -0.2) is 4.68 Å². The summed E-state index contributed by atoms with van der Waals surface area (Å²) in [6.07, 6.45) is 12.3. The van der Waals surface area contributed by atoms with Crippen LogP contribution in [0.15, 0.2) is 6.07 Å². The van der Waals surface area contributed by atoms with Crippen LogP contribution in [-0.2, 0) is 0 Å². The lowest BCUT2D eigenvalue weighted by atomic mass is 9.95. The smallest absolute Gasteiger partial charge is 0.124 e. The molecule has 0 aromatic carbocycles. The Morgan fingerprint density at radius 2 is 1.90 bits per heavy atom. The van der Waals surface area contributed by atoms with E-state index in [0.717, 1.165) is 6.54 Å². The molecule has 1 aromatic heterocycles. The van der Waals surface area contributed by atoms with Crippen molar-refractivity contribution < 1.29 is 0 Å². The predicted octanol–water partition coefficient (Wildman–Crippen LogP) is 4.48. The second-order valence-electron chi connectivity index (χ2n) is 7.47. The summed E-state index contributed by atoms with van der Waals surface area (Å²) in [5.74, 6) is 2.00. The van der Waals surface area contributed by atoms with Gasteiger partial charge in [0.1, 0.15) is 5.82 Å². The summed E-state index contributed by atoms with van der Waals surface area (Å²) >= 11 is 0. The Hall–Kier alpha value is -0.990. The van der Waals surface area contributed by atoms with Crippen molar-refractivity contribution in [2.75, 3.05) is 11.9 Å². The van der Waals surface area contributed by atoms with Gasteiger partial charge in [-0.3, -0.25) is 0 Å². The van der Waals surface area contributed by atoms with Crippen LogP contribution in [0.25, 0.3) is 0 Å². The van der Waals surface area contributed by atoms with E-state index in [-0.39, 0.29) is 0 Å². The zero-order valence-corrected chi connectivity index (χ0v) is 12.7. The number of nitrogens with one attached hydrogen (secondary N) is 1. The number of hydrogen-bond donors (Lipinski definition) is 1. The third kappa shape index (κ3) is 2.15. The van der Waals surface area contributed by atoms with E-state index in [1.807, 2.05) is 0 Å². The van der Waals surface area contributed by atoms with Gasteiger partial charge >= 0.3 is 0 Å². The summed E-state index contributed by atoms with van der Waals surface area (Å²) in [5, 5.41) is 8.63. The Bertz CT molecular complexity index is 478. The molecule has 3 aliphatic rings. The van der Waals surface area contributed by atoms with Crippen LogP contribution in [0.2, 0.25) is 0 Å². The summed E-state index contributed by atoms with van der Waals surface area (Å²) in [4.78, 5) is 0. The Morgan fingerprint density at radius 1 is 1.15 bits per heavy atom. The number of fused-ring (bicyclic) bond motifs is 1. The molecule has 2 heterocycles. The predicted molar refractivity (Wildman–Crippen MR) is 82.2 cm³/mol. The van der Waals surface area contributed by atoms with Gasteiger partial charge in [0.25, 0.3) is 0 Å². The Morgan fingerprint density at radius 3 is 2.60 bits per heavy atom. The number of hydrogen-bond acceptors (Lipinski definition) is 2. The van der Waals surface area contributed by atoms with E-state index in [1.54, 1.807) is 0 Å². The molecule has 1 N–H and O–H groups in total. The fourth-order valence-electron chi connectivity index (χ4n) is 4.19. The van der Waals surface area contributed by atoms with Gasteiger partial charge in [0.2, 0.25) is 0 Å².